The third-order valence-electron chi connectivity index (χ3n) is 4.26. The van der Waals surface area contributed by atoms with Gasteiger partial charge in [0.1, 0.15) is 0 Å². The lowest BCUT2D eigenvalue weighted by Gasteiger charge is -2.32. The third-order valence-corrected chi connectivity index (χ3v) is 4.26. The van der Waals surface area contributed by atoms with Gasteiger partial charge in [-0.25, -0.2) is 4.79 Å². The van der Waals surface area contributed by atoms with Crippen LogP contribution in [0.5, 0.6) is 0 Å². The maximum atomic E-state index is 12.6. The molecule has 0 aliphatic carbocycles. The van der Waals surface area contributed by atoms with E-state index in [1.54, 1.807) is 11.0 Å². The number of benzene rings is 1. The fourth-order valence-corrected chi connectivity index (χ4v) is 2.79. The van der Waals surface area contributed by atoms with Crippen LogP contribution in [0.3, 0.4) is 0 Å². The summed E-state index contributed by atoms with van der Waals surface area (Å²) in [5.41, 5.74) is 8.12. The number of hydrogen-bond acceptors (Lipinski definition) is 3. The van der Waals surface area contributed by atoms with E-state index in [2.05, 4.69) is 24.5 Å². The molecule has 1 aliphatic rings. The lowest BCUT2D eigenvalue weighted by atomic mass is 9.97. The lowest BCUT2D eigenvalue weighted by molar-refractivity contribution is -0.121. The number of rotatable bonds is 4. The number of nitrogens with zero attached hydrogens (tertiary/aromatic N) is 1. The van der Waals surface area contributed by atoms with Gasteiger partial charge in [0.05, 0.1) is 5.92 Å². The number of likely N-dealkylation sites (tertiary alicyclic amines) is 1. The first kappa shape index (κ1) is 18.1. The number of amides is 3. The van der Waals surface area contributed by atoms with E-state index in [9.17, 15) is 9.59 Å². The van der Waals surface area contributed by atoms with E-state index in [-0.39, 0.29) is 17.9 Å². The number of piperidine rings is 1. The van der Waals surface area contributed by atoms with Crippen molar-refractivity contribution in [3.8, 4) is 0 Å². The summed E-state index contributed by atoms with van der Waals surface area (Å²) >= 11 is 0. The number of nitrogens with two attached hydrogens (primary N) is 1. The average Bonchev–Trinajstić information content (AvgIpc) is 2.56. The minimum atomic E-state index is -0.190. The van der Waals surface area contributed by atoms with E-state index in [1.807, 2.05) is 19.1 Å². The van der Waals surface area contributed by atoms with Crippen molar-refractivity contribution in [2.24, 2.45) is 11.8 Å². The summed E-state index contributed by atoms with van der Waals surface area (Å²) in [6.07, 6.45) is 1.63. The highest BCUT2D eigenvalue weighted by molar-refractivity contribution is 5.94. The number of carbonyl (C=O) groups is 2. The van der Waals surface area contributed by atoms with Gasteiger partial charge in [0, 0.05) is 31.0 Å². The Kier molecular flexibility index (Phi) is 6.06. The van der Waals surface area contributed by atoms with Crippen LogP contribution in [0.25, 0.3) is 0 Å². The van der Waals surface area contributed by atoms with Crippen molar-refractivity contribution >= 4 is 23.3 Å². The average molecular weight is 332 g/mol. The zero-order chi connectivity index (χ0) is 17.7. The smallest absolute Gasteiger partial charge is 0.317 e. The fourth-order valence-electron chi connectivity index (χ4n) is 2.79. The maximum absolute atomic E-state index is 12.6. The number of carbonyl (C=O) groups excluding carboxylic acids is 2. The predicted octanol–water partition coefficient (Wildman–Crippen LogP) is 2.59. The maximum Gasteiger partial charge on any atom is 0.317 e. The first-order valence-electron chi connectivity index (χ1n) is 8.56. The second kappa shape index (κ2) is 8.04. The summed E-state index contributed by atoms with van der Waals surface area (Å²) in [7, 11) is 0. The van der Waals surface area contributed by atoms with Crippen LogP contribution in [0.15, 0.2) is 18.2 Å². The van der Waals surface area contributed by atoms with Crippen molar-refractivity contribution < 1.29 is 9.59 Å². The van der Waals surface area contributed by atoms with Crippen LogP contribution >= 0.6 is 0 Å². The zero-order valence-electron chi connectivity index (χ0n) is 14.8. The highest BCUT2D eigenvalue weighted by Crippen LogP contribution is 2.22. The molecule has 0 spiro atoms. The molecule has 1 aromatic rings. The van der Waals surface area contributed by atoms with Crippen LogP contribution in [-0.4, -0.2) is 36.5 Å². The summed E-state index contributed by atoms with van der Waals surface area (Å²) < 4.78 is 0. The van der Waals surface area contributed by atoms with Crippen molar-refractivity contribution in [3.63, 3.8) is 0 Å². The van der Waals surface area contributed by atoms with Crippen molar-refractivity contribution in [1.82, 2.24) is 10.2 Å². The minimum absolute atomic E-state index is 0.0509. The number of nitrogens with one attached hydrogen (secondary N) is 2. The molecule has 6 nitrogen and oxygen atoms in total. The second-order valence-corrected chi connectivity index (χ2v) is 6.93. The number of aryl methyl sites for hydroxylation is 1. The molecule has 1 aromatic carbocycles. The standard InChI is InChI=1S/C18H28N4O2/c1-12(2)10-20-18(24)22-8-4-5-14(11-22)17(23)21-16-9-15(19)7-6-13(16)3/h6-7,9,12,14H,4-5,8,10-11,19H2,1-3H3,(H,20,24)(H,21,23). The van der Waals surface area contributed by atoms with E-state index in [0.717, 1.165) is 24.1 Å². The van der Waals surface area contributed by atoms with Gasteiger partial charge in [-0.3, -0.25) is 4.79 Å². The zero-order valence-corrected chi connectivity index (χ0v) is 14.8. The van der Waals surface area contributed by atoms with Gasteiger partial charge in [-0.1, -0.05) is 19.9 Å². The minimum Gasteiger partial charge on any atom is -0.399 e. The summed E-state index contributed by atoms with van der Waals surface area (Å²) in [6.45, 7) is 7.85. The Hall–Kier alpha value is -2.24. The SMILES string of the molecule is Cc1ccc(N)cc1NC(=O)C1CCCN(C(=O)NCC(C)C)C1. The van der Waals surface area contributed by atoms with Crippen molar-refractivity contribution in [1.29, 1.82) is 0 Å². The molecule has 24 heavy (non-hydrogen) atoms. The molecule has 4 N–H and O–H groups in total. The molecule has 0 aromatic heterocycles. The van der Waals surface area contributed by atoms with E-state index >= 15 is 0 Å². The van der Waals surface area contributed by atoms with Crippen molar-refractivity contribution in [2.75, 3.05) is 30.7 Å². The Bertz CT molecular complexity index is 601. The van der Waals surface area contributed by atoms with Crippen LogP contribution in [0.4, 0.5) is 16.2 Å². The molecule has 1 saturated heterocycles. The van der Waals surface area contributed by atoms with Crippen LogP contribution in [0, 0.1) is 18.8 Å². The van der Waals surface area contributed by atoms with Crippen molar-refractivity contribution in [2.45, 2.75) is 33.6 Å². The molecular weight excluding hydrogens is 304 g/mol. The summed E-state index contributed by atoms with van der Waals surface area (Å²) in [5.74, 6) is 0.166. The third kappa shape index (κ3) is 4.88. The topological polar surface area (TPSA) is 87.5 Å². The molecule has 1 heterocycles. The van der Waals surface area contributed by atoms with E-state index in [1.165, 1.54) is 0 Å². The summed E-state index contributed by atoms with van der Waals surface area (Å²) in [6, 6.07) is 5.38. The van der Waals surface area contributed by atoms with Gasteiger partial charge in [-0.15, -0.1) is 0 Å². The molecule has 0 bridgehead atoms. The quantitative estimate of drug-likeness (QED) is 0.741. The van der Waals surface area contributed by atoms with Gasteiger partial charge in [0.15, 0.2) is 0 Å². The predicted molar refractivity (Wildman–Crippen MR) is 96.8 cm³/mol. The molecule has 6 heteroatoms. The monoisotopic (exact) mass is 332 g/mol. The molecule has 132 valence electrons. The van der Waals surface area contributed by atoms with Gasteiger partial charge in [0.2, 0.25) is 5.91 Å². The Morgan fingerprint density at radius 1 is 1.38 bits per heavy atom. The highest BCUT2D eigenvalue weighted by atomic mass is 16.2. The second-order valence-electron chi connectivity index (χ2n) is 6.93. The summed E-state index contributed by atoms with van der Waals surface area (Å²) in [4.78, 5) is 26.5. The first-order chi connectivity index (χ1) is 11.4. The van der Waals surface area contributed by atoms with Gasteiger partial charge < -0.3 is 21.3 Å². The molecule has 0 saturated carbocycles. The molecule has 2 rings (SSSR count). The molecule has 0 radical (unpaired) electrons. The van der Waals surface area contributed by atoms with E-state index < -0.39 is 0 Å². The summed E-state index contributed by atoms with van der Waals surface area (Å²) in [5, 5.41) is 5.87. The van der Waals surface area contributed by atoms with Crippen LogP contribution in [-0.2, 0) is 4.79 Å². The van der Waals surface area contributed by atoms with Crippen LogP contribution in [0.2, 0.25) is 0 Å². The molecule has 1 atom stereocenters. The molecule has 3 amide bonds. The Labute approximate surface area is 143 Å². The van der Waals surface area contributed by atoms with Crippen LogP contribution < -0.4 is 16.4 Å². The van der Waals surface area contributed by atoms with E-state index in [4.69, 9.17) is 5.73 Å². The lowest BCUT2D eigenvalue weighted by Crippen LogP contribution is -2.48. The van der Waals surface area contributed by atoms with Crippen molar-refractivity contribution in [3.05, 3.63) is 23.8 Å². The largest absolute Gasteiger partial charge is 0.399 e. The Morgan fingerprint density at radius 3 is 2.83 bits per heavy atom. The Balaban J connectivity index is 1.94. The van der Waals surface area contributed by atoms with E-state index in [0.29, 0.717) is 31.2 Å². The van der Waals surface area contributed by atoms with Gasteiger partial charge in [0.25, 0.3) is 0 Å². The molecule has 1 fully saturated rings. The molecule has 1 aliphatic heterocycles. The van der Waals surface area contributed by atoms with Gasteiger partial charge >= 0.3 is 6.03 Å². The molecular formula is C18H28N4O2. The normalized spacial score (nSPS) is 17.7. The number of nitrogen functional groups attached to an aromatic ring is 1. The van der Waals surface area contributed by atoms with Gasteiger partial charge in [-0.2, -0.15) is 0 Å². The first-order valence-corrected chi connectivity index (χ1v) is 8.56. The fraction of sp³-hybridized carbons (Fsp3) is 0.556. The van der Waals surface area contributed by atoms with Crippen LogP contribution in [0.1, 0.15) is 32.3 Å². The highest BCUT2D eigenvalue weighted by Gasteiger charge is 2.28. The Morgan fingerprint density at radius 2 is 2.12 bits per heavy atom. The van der Waals surface area contributed by atoms with Gasteiger partial charge in [-0.05, 0) is 43.4 Å². The number of hydrogen-bond donors (Lipinski definition) is 3. The number of urea groups is 1. The molecule has 1 unspecified atom stereocenters. The number of anilines is 2.